The third kappa shape index (κ3) is 2.68. The highest BCUT2D eigenvalue weighted by Crippen LogP contribution is 2.25. The molecular weight excluding hydrogens is 338 g/mol. The Bertz CT molecular complexity index is 1250. The predicted octanol–water partition coefficient (Wildman–Crippen LogP) is 3.12. The Hall–Kier alpha value is -3.06. The van der Waals surface area contributed by atoms with E-state index >= 15 is 0 Å². The Morgan fingerprint density at radius 1 is 0.960 bits per heavy atom. The van der Waals surface area contributed by atoms with Gasteiger partial charge in [0.2, 0.25) is 0 Å². The molecule has 0 saturated carbocycles. The number of H-pyrrole nitrogens is 2. The highest BCUT2D eigenvalue weighted by Gasteiger charge is 2.15. The highest BCUT2D eigenvalue weighted by molar-refractivity contribution is 7.92. The van der Waals surface area contributed by atoms with E-state index < -0.39 is 10.0 Å². The molecule has 4 rings (SSSR count). The van der Waals surface area contributed by atoms with Gasteiger partial charge in [0, 0.05) is 28.2 Å². The third-order valence-corrected chi connectivity index (χ3v) is 5.51. The van der Waals surface area contributed by atoms with E-state index in [4.69, 9.17) is 0 Å². The van der Waals surface area contributed by atoms with Gasteiger partial charge in [-0.1, -0.05) is 17.7 Å². The van der Waals surface area contributed by atoms with Gasteiger partial charge in [-0.15, -0.1) is 0 Å². The minimum atomic E-state index is -3.68. The summed E-state index contributed by atoms with van der Waals surface area (Å²) in [7, 11) is -3.68. The zero-order valence-electron chi connectivity index (χ0n) is 13.3. The second-order valence-corrected chi connectivity index (χ2v) is 7.58. The molecule has 0 fully saturated rings. The molecule has 6 nitrogen and oxygen atoms in total. The summed E-state index contributed by atoms with van der Waals surface area (Å²) < 4.78 is 27.7. The summed E-state index contributed by atoms with van der Waals surface area (Å²) in [4.78, 5) is 17.9. The number of benzene rings is 2. The van der Waals surface area contributed by atoms with Crippen LogP contribution in [0.1, 0.15) is 5.56 Å². The van der Waals surface area contributed by atoms with Gasteiger partial charge < -0.3 is 9.97 Å². The smallest absolute Gasteiger partial charge is 0.272 e. The van der Waals surface area contributed by atoms with Crippen molar-refractivity contribution < 1.29 is 8.42 Å². The van der Waals surface area contributed by atoms with E-state index in [2.05, 4.69) is 14.7 Å². The van der Waals surface area contributed by atoms with Gasteiger partial charge in [-0.25, -0.2) is 8.42 Å². The molecular formula is C18H15N3O3S. The summed E-state index contributed by atoms with van der Waals surface area (Å²) in [6, 6.07) is 13.5. The molecule has 0 aliphatic rings. The van der Waals surface area contributed by atoms with Crippen molar-refractivity contribution in [3.63, 3.8) is 0 Å². The van der Waals surface area contributed by atoms with Crippen molar-refractivity contribution in [2.45, 2.75) is 11.8 Å². The van der Waals surface area contributed by atoms with Gasteiger partial charge in [0.1, 0.15) is 5.52 Å². The fourth-order valence-corrected chi connectivity index (χ4v) is 3.89. The molecule has 0 spiro atoms. The van der Waals surface area contributed by atoms with Gasteiger partial charge in [-0.2, -0.15) is 0 Å². The van der Waals surface area contributed by atoms with Gasteiger partial charge in [0.05, 0.1) is 4.90 Å². The van der Waals surface area contributed by atoms with Crippen molar-refractivity contribution in [1.29, 1.82) is 0 Å². The number of aromatic nitrogens is 2. The van der Waals surface area contributed by atoms with Crippen molar-refractivity contribution in [2.24, 2.45) is 0 Å². The van der Waals surface area contributed by atoms with Gasteiger partial charge in [0.15, 0.2) is 0 Å². The molecule has 2 aromatic carbocycles. The first-order chi connectivity index (χ1) is 11.9. The van der Waals surface area contributed by atoms with E-state index in [0.29, 0.717) is 16.7 Å². The first-order valence-corrected chi connectivity index (χ1v) is 9.15. The highest BCUT2D eigenvalue weighted by atomic mass is 32.2. The zero-order chi connectivity index (χ0) is 17.6. The molecule has 0 atom stereocenters. The maximum absolute atomic E-state index is 12.5. The van der Waals surface area contributed by atoms with Gasteiger partial charge in [-0.05, 0) is 43.3 Å². The maximum Gasteiger partial charge on any atom is 0.272 e. The number of hydrogen-bond donors (Lipinski definition) is 3. The van der Waals surface area contributed by atoms with Crippen LogP contribution in [0, 0.1) is 6.92 Å². The molecule has 0 unspecified atom stereocenters. The van der Waals surface area contributed by atoms with Crippen LogP contribution in [0.3, 0.4) is 0 Å². The number of nitrogens with one attached hydrogen (secondary N) is 3. The Kier molecular flexibility index (Phi) is 3.40. The summed E-state index contributed by atoms with van der Waals surface area (Å²) in [6.45, 7) is 1.90. The van der Waals surface area contributed by atoms with Crippen molar-refractivity contribution in [3.05, 3.63) is 70.6 Å². The molecule has 0 saturated heterocycles. The molecule has 0 aliphatic carbocycles. The van der Waals surface area contributed by atoms with Crippen LogP contribution >= 0.6 is 0 Å². The van der Waals surface area contributed by atoms with Crippen LogP contribution in [0.15, 0.2) is 64.4 Å². The molecule has 7 heteroatoms. The maximum atomic E-state index is 12.5. The molecule has 0 amide bonds. The summed E-state index contributed by atoms with van der Waals surface area (Å²) in [6.07, 6.45) is 1.68. The van der Waals surface area contributed by atoms with Gasteiger partial charge in [0.25, 0.3) is 15.6 Å². The van der Waals surface area contributed by atoms with E-state index in [-0.39, 0.29) is 10.5 Å². The van der Waals surface area contributed by atoms with Gasteiger partial charge >= 0.3 is 0 Å². The fourth-order valence-electron chi connectivity index (χ4n) is 2.84. The lowest BCUT2D eigenvalue weighted by atomic mass is 10.1. The topological polar surface area (TPSA) is 94.8 Å². The minimum Gasteiger partial charge on any atom is -0.357 e. The van der Waals surface area contributed by atoms with E-state index in [9.17, 15) is 13.2 Å². The second kappa shape index (κ2) is 5.49. The number of anilines is 1. The van der Waals surface area contributed by atoms with Crippen LogP contribution in [0.5, 0.6) is 0 Å². The Labute approximate surface area is 143 Å². The largest absolute Gasteiger partial charge is 0.357 e. The molecule has 2 aromatic heterocycles. The number of aromatic amines is 2. The Morgan fingerprint density at radius 3 is 2.48 bits per heavy atom. The first kappa shape index (κ1) is 15.5. The SMILES string of the molecule is Cc1ccc(S(=O)(=O)Nc2ccc3[nH]c(=O)c4[nH]ccc4c3c2)cc1. The number of pyridine rings is 1. The molecule has 0 aliphatic heterocycles. The molecule has 4 aromatic rings. The van der Waals surface area contributed by atoms with E-state index in [1.807, 2.05) is 6.92 Å². The number of rotatable bonds is 3. The van der Waals surface area contributed by atoms with Crippen LogP contribution in [0.25, 0.3) is 21.8 Å². The van der Waals surface area contributed by atoms with E-state index in [0.717, 1.165) is 16.3 Å². The molecule has 0 bridgehead atoms. The molecule has 0 radical (unpaired) electrons. The predicted molar refractivity (Wildman–Crippen MR) is 98.4 cm³/mol. The normalized spacial score (nSPS) is 11.9. The average Bonchev–Trinajstić information content (AvgIpc) is 3.06. The quantitative estimate of drug-likeness (QED) is 0.528. The van der Waals surface area contributed by atoms with Crippen LogP contribution in [0.2, 0.25) is 0 Å². The Balaban J connectivity index is 1.81. The number of hydrogen-bond acceptors (Lipinski definition) is 3. The zero-order valence-corrected chi connectivity index (χ0v) is 14.1. The lowest BCUT2D eigenvalue weighted by molar-refractivity contribution is 0.601. The number of sulfonamides is 1. The summed E-state index contributed by atoms with van der Waals surface area (Å²) >= 11 is 0. The van der Waals surface area contributed by atoms with Crippen LogP contribution in [-0.4, -0.2) is 18.4 Å². The van der Waals surface area contributed by atoms with Crippen LogP contribution in [-0.2, 0) is 10.0 Å². The van der Waals surface area contributed by atoms with E-state index in [1.165, 1.54) is 0 Å². The van der Waals surface area contributed by atoms with Crippen LogP contribution in [0.4, 0.5) is 5.69 Å². The first-order valence-electron chi connectivity index (χ1n) is 7.67. The summed E-state index contributed by atoms with van der Waals surface area (Å²) in [5, 5.41) is 1.51. The van der Waals surface area contributed by atoms with Crippen molar-refractivity contribution in [2.75, 3.05) is 4.72 Å². The number of fused-ring (bicyclic) bond motifs is 3. The average molecular weight is 353 g/mol. The van der Waals surface area contributed by atoms with Crippen molar-refractivity contribution in [1.82, 2.24) is 9.97 Å². The summed E-state index contributed by atoms with van der Waals surface area (Å²) in [5.74, 6) is 0. The molecule has 126 valence electrons. The summed E-state index contributed by atoms with van der Waals surface area (Å²) in [5.41, 5.74) is 2.33. The van der Waals surface area contributed by atoms with Crippen molar-refractivity contribution >= 4 is 37.5 Å². The van der Waals surface area contributed by atoms with E-state index in [1.54, 1.807) is 54.7 Å². The molecule has 3 N–H and O–H groups in total. The minimum absolute atomic E-state index is 0.200. The van der Waals surface area contributed by atoms with Crippen molar-refractivity contribution in [3.8, 4) is 0 Å². The van der Waals surface area contributed by atoms with Crippen LogP contribution < -0.4 is 10.3 Å². The lowest BCUT2D eigenvalue weighted by Crippen LogP contribution is -2.13. The fraction of sp³-hybridized carbons (Fsp3) is 0.0556. The molecule has 25 heavy (non-hydrogen) atoms. The third-order valence-electron chi connectivity index (χ3n) is 4.12. The standard InChI is InChI=1S/C18H15N3O3S/c1-11-2-5-13(6-3-11)25(23,24)21-12-4-7-16-15(10-12)14-8-9-19-17(14)18(22)20-16/h2-10,19,21H,1H3,(H,20,22). The van der Waals surface area contributed by atoms with Gasteiger partial charge in [-0.3, -0.25) is 9.52 Å². The monoisotopic (exact) mass is 353 g/mol. The Morgan fingerprint density at radius 2 is 1.72 bits per heavy atom. The number of aryl methyl sites for hydroxylation is 1. The lowest BCUT2D eigenvalue weighted by Gasteiger charge is -2.09. The second-order valence-electron chi connectivity index (χ2n) is 5.90. The molecule has 2 heterocycles.